The third-order valence-corrected chi connectivity index (χ3v) is 1.53. The Hall–Kier alpha value is -2.11. The third-order valence-electron chi connectivity index (χ3n) is 1.53. The molecule has 70 valence electrons. The quantitative estimate of drug-likeness (QED) is 0.240. The minimum absolute atomic E-state index is 0.0313. The molecule has 0 saturated heterocycles. The number of aromatic hydroxyl groups is 5. The van der Waals surface area contributed by atoms with E-state index >= 15 is 0 Å². The van der Waals surface area contributed by atoms with Crippen LogP contribution in [0.2, 0.25) is 0 Å². The highest BCUT2D eigenvalue weighted by molar-refractivity contribution is 5.88. The van der Waals surface area contributed by atoms with Crippen LogP contribution in [0.25, 0.3) is 0 Å². The maximum atomic E-state index is 10.2. The Bertz CT molecular complexity index is 341. The van der Waals surface area contributed by atoms with E-state index in [-0.39, 0.29) is 6.29 Å². The minimum atomic E-state index is -1.08. The number of phenolic OH excluding ortho intramolecular Hbond substituents is 5. The molecule has 0 aliphatic rings. The smallest absolute Gasteiger partial charge is 0.208 e. The molecule has 0 fully saturated rings. The van der Waals surface area contributed by atoms with Crippen molar-refractivity contribution in [2.45, 2.75) is 0 Å². The number of carbonyl (C=O) groups excluding carboxylic acids is 1. The molecule has 0 amide bonds. The highest BCUT2D eigenvalue weighted by Gasteiger charge is 2.22. The zero-order valence-corrected chi connectivity index (χ0v) is 6.22. The van der Waals surface area contributed by atoms with Gasteiger partial charge >= 0.3 is 0 Å². The first-order chi connectivity index (χ1) is 6.00. The van der Waals surface area contributed by atoms with Gasteiger partial charge in [-0.15, -0.1) is 0 Å². The van der Waals surface area contributed by atoms with Crippen LogP contribution in [0.15, 0.2) is 0 Å². The highest BCUT2D eigenvalue weighted by atomic mass is 16.4. The molecule has 6 heteroatoms. The van der Waals surface area contributed by atoms with Crippen molar-refractivity contribution in [1.29, 1.82) is 0 Å². The molecule has 0 atom stereocenters. The van der Waals surface area contributed by atoms with Crippen LogP contribution >= 0.6 is 0 Å². The molecule has 0 unspecified atom stereocenters. The van der Waals surface area contributed by atoms with Crippen molar-refractivity contribution in [3.63, 3.8) is 0 Å². The van der Waals surface area contributed by atoms with Crippen LogP contribution in [0.4, 0.5) is 0 Å². The van der Waals surface area contributed by atoms with Gasteiger partial charge in [-0.2, -0.15) is 0 Å². The van der Waals surface area contributed by atoms with E-state index in [4.69, 9.17) is 25.5 Å². The Labute approximate surface area is 71.9 Å². The van der Waals surface area contributed by atoms with Crippen LogP contribution < -0.4 is 0 Å². The lowest BCUT2D eigenvalue weighted by Crippen LogP contribution is -1.85. The molecule has 0 aromatic heterocycles. The van der Waals surface area contributed by atoms with Gasteiger partial charge in [-0.05, 0) is 0 Å². The van der Waals surface area contributed by atoms with E-state index in [1.807, 2.05) is 0 Å². The molecule has 1 rings (SSSR count). The van der Waals surface area contributed by atoms with Gasteiger partial charge in [0.1, 0.15) is 5.56 Å². The number of phenols is 5. The van der Waals surface area contributed by atoms with Crippen LogP contribution in [0, 0.1) is 0 Å². The second kappa shape index (κ2) is 2.74. The molecule has 0 bridgehead atoms. The first-order valence-electron chi connectivity index (χ1n) is 3.14. The molecule has 0 saturated carbocycles. The summed E-state index contributed by atoms with van der Waals surface area (Å²) in [5.41, 5.74) is -0.687. The Balaban J connectivity index is 3.66. The van der Waals surface area contributed by atoms with Crippen LogP contribution in [0.5, 0.6) is 28.7 Å². The summed E-state index contributed by atoms with van der Waals surface area (Å²) in [4.78, 5) is 10.2. The molecule has 6 nitrogen and oxygen atoms in total. The SMILES string of the molecule is O=Cc1c(O)c(O)c(O)c(O)c1O. The number of hydrogen-bond acceptors (Lipinski definition) is 6. The maximum Gasteiger partial charge on any atom is 0.208 e. The van der Waals surface area contributed by atoms with Crippen molar-refractivity contribution < 1.29 is 30.3 Å². The van der Waals surface area contributed by atoms with Gasteiger partial charge in [-0.25, -0.2) is 0 Å². The standard InChI is InChI=1S/C7H6O6/c8-1-2-3(9)5(11)7(13)6(12)4(2)10/h1,9-13H. The van der Waals surface area contributed by atoms with E-state index in [9.17, 15) is 4.79 Å². The first-order valence-corrected chi connectivity index (χ1v) is 3.14. The fourth-order valence-corrected chi connectivity index (χ4v) is 0.815. The Morgan fingerprint density at radius 3 is 1.31 bits per heavy atom. The second-order valence-corrected chi connectivity index (χ2v) is 2.27. The maximum absolute atomic E-state index is 10.2. The van der Waals surface area contributed by atoms with Gasteiger partial charge in [0, 0.05) is 0 Å². The molecule has 0 radical (unpaired) electrons. The monoisotopic (exact) mass is 186 g/mol. The van der Waals surface area contributed by atoms with Gasteiger partial charge in [0.25, 0.3) is 0 Å². The number of aldehydes is 1. The van der Waals surface area contributed by atoms with E-state index in [1.54, 1.807) is 0 Å². The fraction of sp³-hybridized carbons (Fsp3) is 0. The zero-order chi connectivity index (χ0) is 10.2. The summed E-state index contributed by atoms with van der Waals surface area (Å²) in [7, 11) is 0. The predicted octanol–water partition coefficient (Wildman–Crippen LogP) is 0.0271. The molecular weight excluding hydrogens is 180 g/mol. The topological polar surface area (TPSA) is 118 Å². The van der Waals surface area contributed by atoms with Crippen molar-refractivity contribution >= 4 is 6.29 Å². The summed E-state index contributed by atoms with van der Waals surface area (Å²) in [6, 6.07) is 0. The van der Waals surface area contributed by atoms with Crippen molar-refractivity contribution in [2.24, 2.45) is 0 Å². The van der Waals surface area contributed by atoms with E-state index in [1.165, 1.54) is 0 Å². The fourth-order valence-electron chi connectivity index (χ4n) is 0.815. The Morgan fingerprint density at radius 1 is 0.692 bits per heavy atom. The summed E-state index contributed by atoms with van der Waals surface area (Å²) in [5.74, 6) is -5.17. The van der Waals surface area contributed by atoms with Crippen LogP contribution in [-0.2, 0) is 0 Å². The van der Waals surface area contributed by atoms with Crippen LogP contribution in [0.3, 0.4) is 0 Å². The highest BCUT2D eigenvalue weighted by Crippen LogP contribution is 2.49. The summed E-state index contributed by atoms with van der Waals surface area (Å²) < 4.78 is 0. The van der Waals surface area contributed by atoms with Gasteiger partial charge in [0.15, 0.2) is 17.8 Å². The number of hydrogen-bond donors (Lipinski definition) is 5. The van der Waals surface area contributed by atoms with E-state index < -0.39 is 34.3 Å². The van der Waals surface area contributed by atoms with Crippen molar-refractivity contribution in [3.8, 4) is 28.7 Å². The largest absolute Gasteiger partial charge is 0.504 e. The summed E-state index contributed by atoms with van der Waals surface area (Å²) in [6.07, 6.45) is 0.0313. The number of benzene rings is 1. The van der Waals surface area contributed by atoms with Crippen molar-refractivity contribution in [3.05, 3.63) is 5.56 Å². The average molecular weight is 186 g/mol. The zero-order valence-electron chi connectivity index (χ0n) is 6.22. The van der Waals surface area contributed by atoms with Crippen molar-refractivity contribution in [1.82, 2.24) is 0 Å². The lowest BCUT2D eigenvalue weighted by molar-refractivity contribution is 0.111. The van der Waals surface area contributed by atoms with Crippen LogP contribution in [-0.4, -0.2) is 31.8 Å². The summed E-state index contributed by atoms with van der Waals surface area (Å²) in [6.45, 7) is 0. The Morgan fingerprint density at radius 2 is 1.00 bits per heavy atom. The van der Waals surface area contributed by atoms with Gasteiger partial charge in [0.05, 0.1) is 0 Å². The number of rotatable bonds is 1. The molecule has 0 aliphatic heterocycles. The second-order valence-electron chi connectivity index (χ2n) is 2.27. The molecule has 0 heterocycles. The molecule has 1 aromatic carbocycles. The average Bonchev–Trinajstić information content (AvgIpc) is 2.13. The lowest BCUT2D eigenvalue weighted by Gasteiger charge is -2.07. The predicted molar refractivity (Wildman–Crippen MR) is 40.2 cm³/mol. The molecular formula is C7H6O6. The third kappa shape index (κ3) is 1.08. The minimum Gasteiger partial charge on any atom is -0.504 e. The molecule has 0 aliphatic carbocycles. The number of carbonyl (C=O) groups is 1. The molecule has 1 aromatic rings. The van der Waals surface area contributed by atoms with E-state index in [0.29, 0.717) is 0 Å². The lowest BCUT2D eigenvalue weighted by atomic mass is 10.1. The summed E-state index contributed by atoms with van der Waals surface area (Å²) in [5, 5.41) is 44.6. The van der Waals surface area contributed by atoms with Gasteiger partial charge < -0.3 is 25.5 Å². The Kier molecular flexibility index (Phi) is 1.89. The van der Waals surface area contributed by atoms with E-state index in [2.05, 4.69) is 0 Å². The van der Waals surface area contributed by atoms with Crippen molar-refractivity contribution in [2.75, 3.05) is 0 Å². The summed E-state index contributed by atoms with van der Waals surface area (Å²) >= 11 is 0. The first kappa shape index (κ1) is 8.98. The molecule has 0 spiro atoms. The van der Waals surface area contributed by atoms with Crippen LogP contribution in [0.1, 0.15) is 10.4 Å². The molecule has 13 heavy (non-hydrogen) atoms. The van der Waals surface area contributed by atoms with Gasteiger partial charge in [-0.3, -0.25) is 4.79 Å². The van der Waals surface area contributed by atoms with Gasteiger partial charge in [0.2, 0.25) is 17.2 Å². The van der Waals surface area contributed by atoms with E-state index in [0.717, 1.165) is 0 Å². The molecule has 5 N–H and O–H groups in total. The van der Waals surface area contributed by atoms with Gasteiger partial charge in [-0.1, -0.05) is 0 Å². The normalized spacial score (nSPS) is 9.85.